The zero-order valence-electron chi connectivity index (χ0n) is 8.91. The van der Waals surface area contributed by atoms with E-state index in [1.54, 1.807) is 0 Å². The smallest absolute Gasteiger partial charge is 0.353 e. The first-order valence-corrected chi connectivity index (χ1v) is 6.18. The summed E-state index contributed by atoms with van der Waals surface area (Å²) in [6.45, 7) is -0.322. The Morgan fingerprint density at radius 2 is 2.12 bits per heavy atom. The topological polar surface area (TPSA) is 78.5 Å². The molecule has 0 aromatic rings. The van der Waals surface area contributed by atoms with E-state index >= 15 is 0 Å². The number of halogens is 3. The van der Waals surface area contributed by atoms with E-state index in [0.717, 1.165) is 0 Å². The summed E-state index contributed by atoms with van der Waals surface area (Å²) >= 11 is 0. The summed E-state index contributed by atoms with van der Waals surface area (Å²) in [7, 11) is -4.30. The van der Waals surface area contributed by atoms with Crippen LogP contribution in [0.4, 0.5) is 13.2 Å². The third-order valence-electron chi connectivity index (χ3n) is 2.21. The van der Waals surface area contributed by atoms with E-state index in [2.05, 4.69) is 5.32 Å². The van der Waals surface area contributed by atoms with E-state index in [1.807, 2.05) is 0 Å². The number of hydrogen-bond acceptors (Lipinski definition) is 3. The highest BCUT2D eigenvalue weighted by molar-refractivity contribution is 7.87. The fourth-order valence-corrected chi connectivity index (χ4v) is 2.70. The predicted molar refractivity (Wildman–Crippen MR) is 52.2 cm³/mol. The van der Waals surface area contributed by atoms with E-state index in [1.165, 1.54) is 11.6 Å². The van der Waals surface area contributed by atoms with Gasteiger partial charge in [-0.15, -0.1) is 0 Å². The first kappa shape index (κ1) is 14.2. The van der Waals surface area contributed by atoms with Gasteiger partial charge in [-0.25, -0.2) is 0 Å². The van der Waals surface area contributed by atoms with Crippen LogP contribution in [0.1, 0.15) is 6.92 Å². The van der Waals surface area contributed by atoms with Crippen LogP contribution in [0.5, 0.6) is 0 Å². The van der Waals surface area contributed by atoms with Crippen LogP contribution in [0, 0.1) is 0 Å². The molecule has 1 aliphatic rings. The van der Waals surface area contributed by atoms with Crippen molar-refractivity contribution in [3.05, 3.63) is 0 Å². The minimum atomic E-state index is -4.63. The zero-order chi connectivity index (χ0) is 13.3. The molecule has 1 amide bonds. The van der Waals surface area contributed by atoms with Crippen LogP contribution in [-0.4, -0.2) is 50.5 Å². The summed E-state index contributed by atoms with van der Waals surface area (Å²) in [5, 5.41) is 2.41. The van der Waals surface area contributed by atoms with Gasteiger partial charge in [0.15, 0.2) is 0 Å². The summed E-state index contributed by atoms with van der Waals surface area (Å²) in [5.74, 6) is -0.534. The van der Waals surface area contributed by atoms with E-state index in [-0.39, 0.29) is 13.1 Å². The van der Waals surface area contributed by atoms with Crippen LogP contribution in [0.25, 0.3) is 0 Å². The summed E-state index contributed by atoms with van der Waals surface area (Å²) in [6, 6.07) is -1.02. The monoisotopic (exact) mass is 275 g/mol. The molecule has 2 N–H and O–H groups in total. The van der Waals surface area contributed by atoms with Crippen molar-refractivity contribution < 1.29 is 26.4 Å². The van der Waals surface area contributed by atoms with Gasteiger partial charge >= 0.3 is 6.18 Å². The minimum Gasteiger partial charge on any atom is -0.353 e. The molecule has 17 heavy (non-hydrogen) atoms. The molecule has 1 saturated heterocycles. The number of rotatable bonds is 3. The molecule has 0 aromatic carbocycles. The Morgan fingerprint density at radius 3 is 2.65 bits per heavy atom. The van der Waals surface area contributed by atoms with Crippen LogP contribution in [0.3, 0.4) is 0 Å². The molecular weight excluding hydrogens is 263 g/mol. The van der Waals surface area contributed by atoms with Crippen LogP contribution in [0.2, 0.25) is 0 Å². The van der Waals surface area contributed by atoms with E-state index in [4.69, 9.17) is 0 Å². The lowest BCUT2D eigenvalue weighted by Gasteiger charge is -2.31. The fraction of sp³-hybridized carbons (Fsp3) is 0.857. The van der Waals surface area contributed by atoms with E-state index < -0.39 is 34.9 Å². The second-order valence-corrected chi connectivity index (χ2v) is 5.23. The second-order valence-electron chi connectivity index (χ2n) is 3.52. The number of alkyl halides is 3. The van der Waals surface area contributed by atoms with Crippen molar-refractivity contribution in [1.29, 1.82) is 0 Å². The Labute approximate surface area is 96.3 Å². The molecule has 1 fully saturated rings. The minimum absolute atomic E-state index is 0.0555. The molecular formula is C7H12F3N3O3S. The predicted octanol–water partition coefficient (Wildman–Crippen LogP) is -0.797. The van der Waals surface area contributed by atoms with Gasteiger partial charge in [-0.05, 0) is 6.92 Å². The molecule has 100 valence electrons. The zero-order valence-corrected chi connectivity index (χ0v) is 9.73. The van der Waals surface area contributed by atoms with Gasteiger partial charge in [0.25, 0.3) is 10.2 Å². The fourth-order valence-electron chi connectivity index (χ4n) is 1.35. The lowest BCUT2D eigenvalue weighted by Crippen LogP contribution is -2.58. The molecule has 0 radical (unpaired) electrons. The SMILES string of the molecule is CC1C(=O)NCCN1S(=O)(=O)NCC(F)(F)F. The van der Waals surface area contributed by atoms with Crippen molar-refractivity contribution in [3.63, 3.8) is 0 Å². The average molecular weight is 275 g/mol. The molecule has 1 rings (SSSR count). The van der Waals surface area contributed by atoms with Gasteiger partial charge < -0.3 is 5.32 Å². The Kier molecular flexibility index (Phi) is 3.99. The van der Waals surface area contributed by atoms with Crippen molar-refractivity contribution in [2.45, 2.75) is 19.1 Å². The lowest BCUT2D eigenvalue weighted by molar-refractivity contribution is -0.126. The highest BCUT2D eigenvalue weighted by Crippen LogP contribution is 2.15. The van der Waals surface area contributed by atoms with Crippen LogP contribution < -0.4 is 10.0 Å². The molecule has 1 unspecified atom stereocenters. The van der Waals surface area contributed by atoms with Gasteiger partial charge in [0.05, 0.1) is 0 Å². The maximum absolute atomic E-state index is 11.9. The molecule has 0 aromatic heterocycles. The summed E-state index contributed by atoms with van der Waals surface area (Å²) < 4.78 is 60.9. The maximum Gasteiger partial charge on any atom is 0.402 e. The molecule has 0 spiro atoms. The normalized spacial score (nSPS) is 23.5. The van der Waals surface area contributed by atoms with Crippen molar-refractivity contribution in [2.75, 3.05) is 19.6 Å². The van der Waals surface area contributed by atoms with Crippen LogP contribution in [0.15, 0.2) is 0 Å². The number of hydrogen-bond donors (Lipinski definition) is 2. The number of carbonyl (C=O) groups excluding carboxylic acids is 1. The molecule has 0 saturated carbocycles. The number of carbonyl (C=O) groups is 1. The summed E-state index contributed by atoms with van der Waals surface area (Å²) in [6.07, 6.45) is -4.63. The molecule has 1 atom stereocenters. The van der Waals surface area contributed by atoms with Gasteiger partial charge in [-0.2, -0.15) is 30.6 Å². The largest absolute Gasteiger partial charge is 0.402 e. The van der Waals surface area contributed by atoms with Gasteiger partial charge in [-0.1, -0.05) is 0 Å². The van der Waals surface area contributed by atoms with Gasteiger partial charge in [0.2, 0.25) is 5.91 Å². The lowest BCUT2D eigenvalue weighted by atomic mass is 10.2. The first-order chi connectivity index (χ1) is 7.63. The Balaban J connectivity index is 2.73. The summed E-state index contributed by atoms with van der Waals surface area (Å²) in [5.41, 5.74) is 0. The third-order valence-corrected chi connectivity index (χ3v) is 3.83. The van der Waals surface area contributed by atoms with Crippen molar-refractivity contribution >= 4 is 16.1 Å². The van der Waals surface area contributed by atoms with Crippen LogP contribution >= 0.6 is 0 Å². The highest BCUT2D eigenvalue weighted by Gasteiger charge is 2.37. The Hall–Kier alpha value is -0.870. The first-order valence-electron chi connectivity index (χ1n) is 4.74. The van der Waals surface area contributed by atoms with Crippen LogP contribution in [-0.2, 0) is 15.0 Å². The van der Waals surface area contributed by atoms with E-state index in [9.17, 15) is 26.4 Å². The van der Waals surface area contributed by atoms with Crippen molar-refractivity contribution in [2.24, 2.45) is 0 Å². The molecule has 1 aliphatic heterocycles. The molecule has 6 nitrogen and oxygen atoms in total. The summed E-state index contributed by atoms with van der Waals surface area (Å²) in [4.78, 5) is 11.2. The Morgan fingerprint density at radius 1 is 1.53 bits per heavy atom. The molecule has 1 heterocycles. The van der Waals surface area contributed by atoms with Gasteiger partial charge in [-0.3, -0.25) is 4.79 Å². The van der Waals surface area contributed by atoms with Crippen molar-refractivity contribution in [3.8, 4) is 0 Å². The van der Waals surface area contributed by atoms with Gasteiger partial charge in [0, 0.05) is 13.1 Å². The highest BCUT2D eigenvalue weighted by atomic mass is 32.2. The molecule has 0 bridgehead atoms. The number of amides is 1. The standard InChI is InChI=1S/C7H12F3N3O3S/c1-5-6(14)11-2-3-13(5)17(15,16)12-4-7(8,9)10/h5,12H,2-4H2,1H3,(H,11,14). The number of nitrogens with one attached hydrogen (secondary N) is 2. The maximum atomic E-state index is 11.9. The van der Waals surface area contributed by atoms with Gasteiger partial charge in [0.1, 0.15) is 12.6 Å². The second kappa shape index (κ2) is 4.78. The quantitative estimate of drug-likeness (QED) is 0.708. The molecule has 0 aliphatic carbocycles. The Bertz CT molecular complexity index is 395. The number of nitrogens with zero attached hydrogens (tertiary/aromatic N) is 1. The molecule has 10 heteroatoms. The number of piperazine rings is 1. The average Bonchev–Trinajstić information content (AvgIpc) is 2.18. The van der Waals surface area contributed by atoms with E-state index in [0.29, 0.717) is 4.31 Å². The third kappa shape index (κ3) is 3.82. The van der Waals surface area contributed by atoms with Crippen molar-refractivity contribution in [1.82, 2.24) is 14.3 Å².